The first kappa shape index (κ1) is 14.5. The van der Waals surface area contributed by atoms with Crippen LogP contribution in [0, 0.1) is 12.8 Å². The second-order valence-corrected chi connectivity index (χ2v) is 5.52. The normalized spacial score (nSPS) is 14.2. The molecular formula is C13H17BrClNO. The number of hydrogen-bond donors (Lipinski definition) is 1. The minimum Gasteiger partial charge on any atom is -0.349 e. The Balaban J connectivity index is 2.73. The molecule has 0 aromatic heterocycles. The quantitative estimate of drug-likeness (QED) is 0.842. The van der Waals surface area contributed by atoms with E-state index in [2.05, 4.69) is 21.2 Å². The molecule has 2 atom stereocenters. The molecule has 1 N–H and O–H groups in total. The van der Waals surface area contributed by atoms with Gasteiger partial charge in [0, 0.05) is 22.0 Å². The average Bonchev–Trinajstić information content (AvgIpc) is 2.31. The molecule has 0 radical (unpaired) electrons. The monoisotopic (exact) mass is 317 g/mol. The zero-order valence-corrected chi connectivity index (χ0v) is 12.6. The molecule has 2 unspecified atom stereocenters. The smallest absolute Gasteiger partial charge is 0.251 e. The summed E-state index contributed by atoms with van der Waals surface area (Å²) in [5.41, 5.74) is 1.73. The fourth-order valence-corrected chi connectivity index (χ4v) is 1.87. The summed E-state index contributed by atoms with van der Waals surface area (Å²) in [5, 5.41) is 2.95. The van der Waals surface area contributed by atoms with E-state index in [0.29, 0.717) is 11.4 Å². The van der Waals surface area contributed by atoms with E-state index in [1.54, 1.807) is 0 Å². The van der Waals surface area contributed by atoms with Crippen LogP contribution in [0.25, 0.3) is 0 Å². The van der Waals surface area contributed by atoms with Crippen molar-refractivity contribution in [1.82, 2.24) is 5.32 Å². The van der Waals surface area contributed by atoms with E-state index >= 15 is 0 Å². The zero-order valence-electron chi connectivity index (χ0n) is 10.3. The van der Waals surface area contributed by atoms with Gasteiger partial charge in [-0.1, -0.05) is 22.9 Å². The highest BCUT2D eigenvalue weighted by atomic mass is 79.9. The predicted octanol–water partition coefficient (Wildman–Crippen LogP) is 3.75. The van der Waals surface area contributed by atoms with Gasteiger partial charge in [0.05, 0.1) is 0 Å². The van der Waals surface area contributed by atoms with Crippen LogP contribution >= 0.6 is 27.5 Å². The lowest BCUT2D eigenvalue weighted by molar-refractivity contribution is 0.0931. The van der Waals surface area contributed by atoms with E-state index in [-0.39, 0.29) is 17.9 Å². The Hall–Kier alpha value is -0.540. The van der Waals surface area contributed by atoms with Gasteiger partial charge in [-0.05, 0) is 43.5 Å². The van der Waals surface area contributed by atoms with Gasteiger partial charge in [-0.25, -0.2) is 0 Å². The van der Waals surface area contributed by atoms with E-state index in [0.717, 1.165) is 10.0 Å². The molecule has 1 rings (SSSR count). The highest BCUT2D eigenvalue weighted by molar-refractivity contribution is 9.10. The number of alkyl halides is 1. The van der Waals surface area contributed by atoms with Crippen molar-refractivity contribution in [2.24, 2.45) is 5.92 Å². The van der Waals surface area contributed by atoms with Gasteiger partial charge in [-0.2, -0.15) is 0 Å². The van der Waals surface area contributed by atoms with Gasteiger partial charge in [0.1, 0.15) is 0 Å². The van der Waals surface area contributed by atoms with Gasteiger partial charge < -0.3 is 5.32 Å². The van der Waals surface area contributed by atoms with Crippen molar-refractivity contribution in [3.05, 3.63) is 33.8 Å². The SMILES string of the molecule is Cc1cc(C(=O)NC(C)C(C)CCl)ccc1Br. The van der Waals surface area contributed by atoms with Gasteiger partial charge in [0.25, 0.3) is 5.91 Å². The predicted molar refractivity (Wildman–Crippen MR) is 75.7 cm³/mol. The standard InChI is InChI=1S/C13H17BrClNO/c1-8-6-11(4-5-12(8)14)13(17)16-10(3)9(2)7-15/h4-6,9-10H,7H2,1-3H3,(H,16,17). The minimum absolute atomic E-state index is 0.0509. The van der Waals surface area contributed by atoms with Crippen LogP contribution in [-0.4, -0.2) is 17.8 Å². The Morgan fingerprint density at radius 3 is 2.65 bits per heavy atom. The van der Waals surface area contributed by atoms with Gasteiger partial charge in [-0.15, -0.1) is 11.6 Å². The van der Waals surface area contributed by atoms with Crippen molar-refractivity contribution in [2.75, 3.05) is 5.88 Å². The van der Waals surface area contributed by atoms with Crippen LogP contribution in [0.3, 0.4) is 0 Å². The lowest BCUT2D eigenvalue weighted by atomic mass is 10.1. The molecule has 0 aliphatic carbocycles. The van der Waals surface area contributed by atoms with Crippen molar-refractivity contribution in [2.45, 2.75) is 26.8 Å². The molecule has 4 heteroatoms. The summed E-state index contributed by atoms with van der Waals surface area (Å²) in [5.74, 6) is 0.753. The number of halogens is 2. The zero-order chi connectivity index (χ0) is 13.0. The molecular weight excluding hydrogens is 302 g/mol. The molecule has 0 aliphatic heterocycles. The Bertz CT molecular complexity index is 408. The topological polar surface area (TPSA) is 29.1 Å². The number of carbonyl (C=O) groups excluding carboxylic acids is 1. The summed E-state index contributed by atoms with van der Waals surface area (Å²) in [6.45, 7) is 5.95. The second-order valence-electron chi connectivity index (χ2n) is 4.36. The molecule has 1 aromatic rings. The number of benzene rings is 1. The van der Waals surface area contributed by atoms with E-state index in [4.69, 9.17) is 11.6 Å². The molecule has 1 amide bonds. The summed E-state index contributed by atoms with van der Waals surface area (Å²) in [4.78, 5) is 12.0. The fraction of sp³-hybridized carbons (Fsp3) is 0.462. The van der Waals surface area contributed by atoms with Crippen LogP contribution in [-0.2, 0) is 0 Å². The third-order valence-corrected chi connectivity index (χ3v) is 4.25. The van der Waals surface area contributed by atoms with Gasteiger partial charge in [0.15, 0.2) is 0 Å². The number of carbonyl (C=O) groups is 1. The highest BCUT2D eigenvalue weighted by Gasteiger charge is 2.15. The van der Waals surface area contributed by atoms with Crippen molar-refractivity contribution < 1.29 is 4.79 Å². The maximum absolute atomic E-state index is 12.0. The first-order chi connectivity index (χ1) is 7.95. The van der Waals surface area contributed by atoms with Crippen LogP contribution in [0.15, 0.2) is 22.7 Å². The first-order valence-electron chi connectivity index (χ1n) is 5.58. The number of amides is 1. The summed E-state index contributed by atoms with van der Waals surface area (Å²) >= 11 is 9.18. The van der Waals surface area contributed by atoms with Crippen molar-refractivity contribution >= 4 is 33.4 Å². The number of rotatable bonds is 4. The van der Waals surface area contributed by atoms with E-state index in [1.165, 1.54) is 0 Å². The van der Waals surface area contributed by atoms with Crippen LogP contribution in [0.1, 0.15) is 29.8 Å². The lowest BCUT2D eigenvalue weighted by Crippen LogP contribution is -2.37. The number of hydrogen-bond acceptors (Lipinski definition) is 1. The molecule has 1 aromatic carbocycles. The molecule has 0 fully saturated rings. The third-order valence-electron chi connectivity index (χ3n) is 2.88. The summed E-state index contributed by atoms with van der Waals surface area (Å²) in [6, 6.07) is 5.64. The maximum Gasteiger partial charge on any atom is 0.251 e. The van der Waals surface area contributed by atoms with Crippen LogP contribution in [0.2, 0.25) is 0 Å². The van der Waals surface area contributed by atoms with E-state index in [1.807, 2.05) is 39.0 Å². The van der Waals surface area contributed by atoms with Crippen LogP contribution < -0.4 is 5.32 Å². The maximum atomic E-state index is 12.0. The number of aryl methyl sites for hydroxylation is 1. The largest absolute Gasteiger partial charge is 0.349 e. The van der Waals surface area contributed by atoms with Crippen molar-refractivity contribution in [3.63, 3.8) is 0 Å². The second kappa shape index (κ2) is 6.41. The van der Waals surface area contributed by atoms with Crippen molar-refractivity contribution in [1.29, 1.82) is 0 Å². The van der Waals surface area contributed by atoms with Gasteiger partial charge in [0.2, 0.25) is 0 Å². The summed E-state index contributed by atoms with van der Waals surface area (Å²) < 4.78 is 1.01. The molecule has 0 bridgehead atoms. The molecule has 0 heterocycles. The molecule has 94 valence electrons. The molecule has 0 spiro atoms. The lowest BCUT2D eigenvalue weighted by Gasteiger charge is -2.19. The van der Waals surface area contributed by atoms with E-state index in [9.17, 15) is 4.79 Å². The van der Waals surface area contributed by atoms with Gasteiger partial charge >= 0.3 is 0 Å². The summed E-state index contributed by atoms with van der Waals surface area (Å²) in [6.07, 6.45) is 0. The summed E-state index contributed by atoms with van der Waals surface area (Å²) in [7, 11) is 0. The third kappa shape index (κ3) is 4.00. The molecule has 0 saturated carbocycles. The average molecular weight is 319 g/mol. The Morgan fingerprint density at radius 2 is 2.12 bits per heavy atom. The fourth-order valence-electron chi connectivity index (χ4n) is 1.35. The molecule has 0 saturated heterocycles. The van der Waals surface area contributed by atoms with Crippen LogP contribution in [0.5, 0.6) is 0 Å². The minimum atomic E-state index is -0.0509. The number of nitrogens with one attached hydrogen (secondary N) is 1. The molecule has 0 aliphatic rings. The highest BCUT2D eigenvalue weighted by Crippen LogP contribution is 2.17. The van der Waals surface area contributed by atoms with Gasteiger partial charge in [-0.3, -0.25) is 4.79 Å². The van der Waals surface area contributed by atoms with E-state index < -0.39 is 0 Å². The molecule has 17 heavy (non-hydrogen) atoms. The Labute approximate surface area is 116 Å². The van der Waals surface area contributed by atoms with Crippen molar-refractivity contribution in [3.8, 4) is 0 Å². The Kier molecular flexibility index (Phi) is 5.47. The first-order valence-corrected chi connectivity index (χ1v) is 6.91. The van der Waals surface area contributed by atoms with Crippen LogP contribution in [0.4, 0.5) is 0 Å². The Morgan fingerprint density at radius 1 is 1.47 bits per heavy atom. The molecule has 2 nitrogen and oxygen atoms in total.